The monoisotopic (exact) mass is 273 g/mol. The lowest BCUT2D eigenvalue weighted by Crippen LogP contribution is -2.31. The van der Waals surface area contributed by atoms with E-state index < -0.39 is 4.92 Å². The summed E-state index contributed by atoms with van der Waals surface area (Å²) in [4.78, 5) is 20.1. The minimum atomic E-state index is -0.506. The van der Waals surface area contributed by atoms with Crippen LogP contribution in [0, 0.1) is 17.0 Å². The molecule has 1 N–H and O–H groups in total. The molecule has 0 saturated heterocycles. The maximum absolute atomic E-state index is 11.0. The van der Waals surface area contributed by atoms with Gasteiger partial charge in [0.1, 0.15) is 5.69 Å². The maximum Gasteiger partial charge on any atom is 0.332 e. The van der Waals surface area contributed by atoms with Crippen molar-refractivity contribution < 1.29 is 4.92 Å². The fourth-order valence-corrected chi connectivity index (χ4v) is 1.51. The molecule has 1 unspecified atom stereocenters. The smallest absolute Gasteiger partial charge is 0.332 e. The number of aryl methyl sites for hydroxylation is 1. The van der Waals surface area contributed by atoms with Gasteiger partial charge in [0.25, 0.3) is 0 Å². The number of aromatic nitrogens is 2. The molecule has 0 aliphatic heterocycles. The fourth-order valence-electron chi connectivity index (χ4n) is 1.30. The number of likely N-dealkylation sites (N-methyl/N-ethyl adjacent to an activating group) is 1. The summed E-state index contributed by atoms with van der Waals surface area (Å²) in [6.07, 6.45) is 0. The SMILES string of the molecule is Cc1nc(Cl)nc(NCC(C)N(C)C)c1[N+](=O)[O-]. The molecule has 0 amide bonds. The predicted molar refractivity (Wildman–Crippen MR) is 70.1 cm³/mol. The zero-order valence-corrected chi connectivity index (χ0v) is 11.5. The highest BCUT2D eigenvalue weighted by Gasteiger charge is 2.21. The van der Waals surface area contributed by atoms with Gasteiger partial charge in [0, 0.05) is 12.6 Å². The molecule has 0 aromatic carbocycles. The molecule has 0 bridgehead atoms. The molecule has 0 fully saturated rings. The van der Waals surface area contributed by atoms with E-state index in [0.29, 0.717) is 6.54 Å². The predicted octanol–water partition coefficient (Wildman–Crippen LogP) is 1.71. The van der Waals surface area contributed by atoms with Crippen LogP contribution in [0.3, 0.4) is 0 Å². The van der Waals surface area contributed by atoms with Gasteiger partial charge in [0.2, 0.25) is 11.1 Å². The minimum absolute atomic E-state index is 0.00175. The third-order valence-electron chi connectivity index (χ3n) is 2.66. The second-order valence-corrected chi connectivity index (χ2v) is 4.56. The number of nitrogens with one attached hydrogen (secondary N) is 1. The van der Waals surface area contributed by atoms with Crippen LogP contribution in [-0.4, -0.2) is 46.5 Å². The molecule has 0 aliphatic rings. The number of nitro groups is 1. The quantitative estimate of drug-likeness (QED) is 0.499. The molecular formula is C10H16ClN5O2. The molecule has 7 nitrogen and oxygen atoms in total. The lowest BCUT2D eigenvalue weighted by atomic mass is 10.3. The van der Waals surface area contributed by atoms with Crippen molar-refractivity contribution in [1.82, 2.24) is 14.9 Å². The third kappa shape index (κ3) is 3.51. The molecule has 0 radical (unpaired) electrons. The minimum Gasteiger partial charge on any atom is -0.363 e. The van der Waals surface area contributed by atoms with E-state index >= 15 is 0 Å². The summed E-state index contributed by atoms with van der Waals surface area (Å²) < 4.78 is 0. The van der Waals surface area contributed by atoms with Crippen LogP contribution in [0.25, 0.3) is 0 Å². The highest BCUT2D eigenvalue weighted by atomic mass is 35.5. The van der Waals surface area contributed by atoms with Gasteiger partial charge in [-0.25, -0.2) is 4.98 Å². The van der Waals surface area contributed by atoms with E-state index in [0.717, 1.165) is 0 Å². The third-order valence-corrected chi connectivity index (χ3v) is 2.83. The van der Waals surface area contributed by atoms with Gasteiger partial charge in [-0.2, -0.15) is 4.98 Å². The van der Waals surface area contributed by atoms with Crippen LogP contribution < -0.4 is 5.32 Å². The van der Waals surface area contributed by atoms with Crippen molar-refractivity contribution in [1.29, 1.82) is 0 Å². The zero-order chi connectivity index (χ0) is 13.9. The first-order valence-electron chi connectivity index (χ1n) is 5.41. The molecule has 0 saturated carbocycles. The molecular weight excluding hydrogens is 258 g/mol. The molecule has 100 valence electrons. The molecule has 8 heteroatoms. The largest absolute Gasteiger partial charge is 0.363 e. The summed E-state index contributed by atoms with van der Waals surface area (Å²) >= 11 is 5.71. The average Bonchev–Trinajstić information content (AvgIpc) is 2.23. The second kappa shape index (κ2) is 5.92. The Labute approximate surface area is 110 Å². The van der Waals surface area contributed by atoms with Gasteiger partial charge in [-0.3, -0.25) is 10.1 Å². The van der Waals surface area contributed by atoms with Gasteiger partial charge in [-0.1, -0.05) is 0 Å². The van der Waals surface area contributed by atoms with Crippen LogP contribution in [-0.2, 0) is 0 Å². The maximum atomic E-state index is 11.0. The van der Waals surface area contributed by atoms with Crippen molar-refractivity contribution in [2.24, 2.45) is 0 Å². The molecule has 18 heavy (non-hydrogen) atoms. The van der Waals surface area contributed by atoms with Gasteiger partial charge < -0.3 is 10.2 Å². The van der Waals surface area contributed by atoms with Crippen LogP contribution in [0.15, 0.2) is 0 Å². The van der Waals surface area contributed by atoms with Crippen molar-refractivity contribution in [3.05, 3.63) is 21.1 Å². The first-order chi connectivity index (χ1) is 8.32. The number of rotatable bonds is 5. The van der Waals surface area contributed by atoms with E-state index in [4.69, 9.17) is 11.6 Å². The number of hydrogen-bond acceptors (Lipinski definition) is 6. The summed E-state index contributed by atoms with van der Waals surface area (Å²) in [5.41, 5.74) is 0.116. The van der Waals surface area contributed by atoms with E-state index in [2.05, 4.69) is 15.3 Å². The van der Waals surface area contributed by atoms with Crippen LogP contribution in [0.4, 0.5) is 11.5 Å². The highest BCUT2D eigenvalue weighted by Crippen LogP contribution is 2.26. The Balaban J connectivity index is 2.97. The fraction of sp³-hybridized carbons (Fsp3) is 0.600. The van der Waals surface area contributed by atoms with Crippen LogP contribution >= 0.6 is 11.6 Å². The lowest BCUT2D eigenvalue weighted by molar-refractivity contribution is -0.385. The molecule has 1 heterocycles. The Morgan fingerprint density at radius 1 is 1.50 bits per heavy atom. The van der Waals surface area contributed by atoms with Gasteiger partial charge in [0.15, 0.2) is 0 Å². The Morgan fingerprint density at radius 2 is 2.11 bits per heavy atom. The molecule has 1 aromatic heterocycles. The number of anilines is 1. The first-order valence-corrected chi connectivity index (χ1v) is 5.79. The van der Waals surface area contributed by atoms with Crippen molar-refractivity contribution in [3.8, 4) is 0 Å². The van der Waals surface area contributed by atoms with E-state index in [1.165, 1.54) is 6.92 Å². The summed E-state index contributed by atoms with van der Waals surface area (Å²) in [6, 6.07) is 0.207. The summed E-state index contributed by atoms with van der Waals surface area (Å²) in [6.45, 7) is 4.06. The van der Waals surface area contributed by atoms with Crippen LogP contribution in [0.1, 0.15) is 12.6 Å². The molecule has 1 atom stereocenters. The van der Waals surface area contributed by atoms with E-state index in [1.54, 1.807) is 0 Å². The van der Waals surface area contributed by atoms with Gasteiger partial charge in [-0.05, 0) is 39.5 Å². The Hall–Kier alpha value is -1.47. The van der Waals surface area contributed by atoms with E-state index in [9.17, 15) is 10.1 Å². The second-order valence-electron chi connectivity index (χ2n) is 4.23. The van der Waals surface area contributed by atoms with Gasteiger partial charge in [-0.15, -0.1) is 0 Å². The van der Waals surface area contributed by atoms with Crippen LogP contribution in [0.5, 0.6) is 0 Å². The molecule has 1 aromatic rings. The first kappa shape index (κ1) is 14.6. The molecule has 0 spiro atoms. The summed E-state index contributed by atoms with van der Waals surface area (Å²) in [5.74, 6) is 0.159. The average molecular weight is 274 g/mol. The Kier molecular flexibility index (Phi) is 4.80. The lowest BCUT2D eigenvalue weighted by Gasteiger charge is -2.20. The molecule has 1 rings (SSSR count). The van der Waals surface area contributed by atoms with E-state index in [-0.39, 0.29) is 28.5 Å². The Bertz CT molecular complexity index is 452. The normalized spacial score (nSPS) is 12.6. The zero-order valence-electron chi connectivity index (χ0n) is 10.8. The van der Waals surface area contributed by atoms with Crippen molar-refractivity contribution in [2.45, 2.75) is 19.9 Å². The van der Waals surface area contributed by atoms with Gasteiger partial charge in [0.05, 0.1) is 4.92 Å². The van der Waals surface area contributed by atoms with Crippen molar-refractivity contribution >= 4 is 23.1 Å². The van der Waals surface area contributed by atoms with Crippen molar-refractivity contribution in [2.75, 3.05) is 26.0 Å². The van der Waals surface area contributed by atoms with E-state index in [1.807, 2.05) is 25.9 Å². The van der Waals surface area contributed by atoms with Crippen molar-refractivity contribution in [3.63, 3.8) is 0 Å². The highest BCUT2D eigenvalue weighted by molar-refractivity contribution is 6.28. The summed E-state index contributed by atoms with van der Waals surface area (Å²) in [7, 11) is 3.86. The Morgan fingerprint density at radius 3 is 2.61 bits per heavy atom. The molecule has 0 aliphatic carbocycles. The van der Waals surface area contributed by atoms with Gasteiger partial charge >= 0.3 is 5.69 Å². The number of nitrogens with zero attached hydrogens (tertiary/aromatic N) is 4. The van der Waals surface area contributed by atoms with Crippen LogP contribution in [0.2, 0.25) is 5.28 Å². The standard InChI is InChI=1S/C10H16ClN5O2/c1-6(15(3)4)5-12-9-8(16(17)18)7(2)13-10(11)14-9/h6H,5H2,1-4H3,(H,12,13,14). The number of halogens is 1. The summed E-state index contributed by atoms with van der Waals surface area (Å²) in [5, 5.41) is 13.9. The number of hydrogen-bond donors (Lipinski definition) is 1. The topological polar surface area (TPSA) is 84.2 Å².